The molecule has 19 heavy (non-hydrogen) atoms. The highest BCUT2D eigenvalue weighted by molar-refractivity contribution is 6.30. The van der Waals surface area contributed by atoms with E-state index in [-0.39, 0.29) is 6.61 Å². The maximum absolute atomic E-state index is 8.75. The fourth-order valence-electron chi connectivity index (χ4n) is 2.00. The SMILES string of the molecule is Cc1c(-c2ccc(Cl)cc2)nnn1CCCCCO. The van der Waals surface area contributed by atoms with Gasteiger partial charge in [-0.3, -0.25) is 0 Å². The standard InChI is InChI=1S/C14H18ClN3O/c1-11-14(12-5-7-13(15)8-6-12)16-17-18(11)9-3-2-4-10-19/h5-8,19H,2-4,9-10H2,1H3. The predicted octanol–water partition coefficient (Wildman–Crippen LogP) is 3.07. The highest BCUT2D eigenvalue weighted by atomic mass is 35.5. The van der Waals surface area contributed by atoms with Crippen LogP contribution in [-0.4, -0.2) is 26.7 Å². The lowest BCUT2D eigenvalue weighted by Crippen LogP contribution is -2.03. The van der Waals surface area contributed by atoms with Gasteiger partial charge in [0, 0.05) is 23.7 Å². The monoisotopic (exact) mass is 279 g/mol. The second kappa shape index (κ2) is 6.68. The van der Waals surface area contributed by atoms with Crippen molar-refractivity contribution in [3.63, 3.8) is 0 Å². The molecule has 102 valence electrons. The molecule has 5 heteroatoms. The molecule has 1 heterocycles. The highest BCUT2D eigenvalue weighted by Crippen LogP contribution is 2.22. The zero-order valence-electron chi connectivity index (χ0n) is 11.0. The Morgan fingerprint density at radius 3 is 2.58 bits per heavy atom. The lowest BCUT2D eigenvalue weighted by atomic mass is 10.1. The summed E-state index contributed by atoms with van der Waals surface area (Å²) in [6, 6.07) is 7.62. The normalized spacial score (nSPS) is 10.9. The van der Waals surface area contributed by atoms with Crippen LogP contribution in [-0.2, 0) is 6.54 Å². The van der Waals surface area contributed by atoms with Crippen LogP contribution in [0.2, 0.25) is 5.02 Å². The third kappa shape index (κ3) is 3.55. The molecular weight excluding hydrogens is 262 g/mol. The smallest absolute Gasteiger partial charge is 0.115 e. The molecule has 0 aliphatic heterocycles. The van der Waals surface area contributed by atoms with Crippen LogP contribution in [0, 0.1) is 6.92 Å². The zero-order valence-corrected chi connectivity index (χ0v) is 11.8. The Morgan fingerprint density at radius 1 is 1.16 bits per heavy atom. The van der Waals surface area contributed by atoms with E-state index in [1.54, 1.807) is 0 Å². The summed E-state index contributed by atoms with van der Waals surface area (Å²) in [4.78, 5) is 0. The first-order valence-electron chi connectivity index (χ1n) is 6.49. The molecule has 1 N–H and O–H groups in total. The van der Waals surface area contributed by atoms with Gasteiger partial charge in [0.25, 0.3) is 0 Å². The molecule has 0 saturated heterocycles. The maximum atomic E-state index is 8.75. The molecule has 2 aromatic rings. The number of halogens is 1. The van der Waals surface area contributed by atoms with Gasteiger partial charge in [0.1, 0.15) is 5.69 Å². The van der Waals surface area contributed by atoms with Crippen LogP contribution in [0.1, 0.15) is 25.0 Å². The van der Waals surface area contributed by atoms with E-state index >= 15 is 0 Å². The summed E-state index contributed by atoms with van der Waals surface area (Å²) in [5.74, 6) is 0. The number of aliphatic hydroxyl groups excluding tert-OH is 1. The Labute approximate surface area is 118 Å². The van der Waals surface area contributed by atoms with E-state index in [0.717, 1.165) is 47.8 Å². The van der Waals surface area contributed by atoms with Crippen LogP contribution in [0.25, 0.3) is 11.3 Å². The van der Waals surface area contributed by atoms with Gasteiger partial charge in [0.2, 0.25) is 0 Å². The van der Waals surface area contributed by atoms with Crippen LogP contribution in [0.15, 0.2) is 24.3 Å². The lowest BCUT2D eigenvalue weighted by molar-refractivity contribution is 0.281. The van der Waals surface area contributed by atoms with Crippen LogP contribution in [0.4, 0.5) is 0 Å². The number of aliphatic hydroxyl groups is 1. The molecule has 2 rings (SSSR count). The lowest BCUT2D eigenvalue weighted by Gasteiger charge is -2.03. The summed E-state index contributed by atoms with van der Waals surface area (Å²) in [5, 5.41) is 17.9. The topological polar surface area (TPSA) is 50.9 Å². The molecule has 0 spiro atoms. The summed E-state index contributed by atoms with van der Waals surface area (Å²) in [7, 11) is 0. The minimum atomic E-state index is 0.256. The van der Waals surface area contributed by atoms with Crippen molar-refractivity contribution in [1.29, 1.82) is 0 Å². The third-order valence-electron chi connectivity index (χ3n) is 3.13. The van der Waals surface area contributed by atoms with E-state index in [1.807, 2.05) is 35.9 Å². The average molecular weight is 280 g/mol. The van der Waals surface area contributed by atoms with Gasteiger partial charge in [0.15, 0.2) is 0 Å². The Morgan fingerprint density at radius 2 is 1.89 bits per heavy atom. The van der Waals surface area contributed by atoms with E-state index in [2.05, 4.69) is 10.3 Å². The number of hydrogen-bond donors (Lipinski definition) is 1. The van der Waals surface area contributed by atoms with Crippen molar-refractivity contribution >= 4 is 11.6 Å². The first-order valence-corrected chi connectivity index (χ1v) is 6.87. The third-order valence-corrected chi connectivity index (χ3v) is 3.38. The Hall–Kier alpha value is -1.39. The van der Waals surface area contributed by atoms with Crippen LogP contribution >= 0.6 is 11.6 Å². The summed E-state index contributed by atoms with van der Waals surface area (Å²) in [6.07, 6.45) is 2.86. The fourth-order valence-corrected chi connectivity index (χ4v) is 2.12. The zero-order chi connectivity index (χ0) is 13.7. The number of rotatable bonds is 6. The van der Waals surface area contributed by atoms with E-state index in [1.165, 1.54) is 0 Å². The van der Waals surface area contributed by atoms with E-state index in [9.17, 15) is 0 Å². The molecular formula is C14H18ClN3O. The molecule has 1 aromatic heterocycles. The molecule has 0 aliphatic rings. The molecule has 4 nitrogen and oxygen atoms in total. The second-order valence-electron chi connectivity index (χ2n) is 4.54. The summed E-state index contributed by atoms with van der Waals surface area (Å²) < 4.78 is 1.92. The summed E-state index contributed by atoms with van der Waals surface area (Å²) in [6.45, 7) is 3.12. The molecule has 0 saturated carbocycles. The molecule has 0 bridgehead atoms. The summed E-state index contributed by atoms with van der Waals surface area (Å²) >= 11 is 5.88. The predicted molar refractivity (Wildman–Crippen MR) is 76.1 cm³/mol. The van der Waals surface area contributed by atoms with Crippen molar-refractivity contribution in [2.24, 2.45) is 0 Å². The molecule has 0 fully saturated rings. The minimum Gasteiger partial charge on any atom is -0.396 e. The largest absolute Gasteiger partial charge is 0.396 e. The van der Waals surface area contributed by atoms with E-state index < -0.39 is 0 Å². The van der Waals surface area contributed by atoms with Gasteiger partial charge < -0.3 is 5.11 Å². The molecule has 0 unspecified atom stereocenters. The van der Waals surface area contributed by atoms with Crippen LogP contribution in [0.3, 0.4) is 0 Å². The van der Waals surface area contributed by atoms with Crippen LogP contribution in [0.5, 0.6) is 0 Å². The Bertz CT molecular complexity index is 522. The van der Waals surface area contributed by atoms with Crippen molar-refractivity contribution in [3.05, 3.63) is 35.0 Å². The van der Waals surface area contributed by atoms with Crippen molar-refractivity contribution in [2.45, 2.75) is 32.7 Å². The van der Waals surface area contributed by atoms with E-state index in [4.69, 9.17) is 16.7 Å². The second-order valence-corrected chi connectivity index (χ2v) is 4.97. The first-order chi connectivity index (χ1) is 9.22. The van der Waals surface area contributed by atoms with E-state index in [0.29, 0.717) is 0 Å². The van der Waals surface area contributed by atoms with Gasteiger partial charge in [-0.05, 0) is 38.3 Å². The number of unbranched alkanes of at least 4 members (excludes halogenated alkanes) is 2. The van der Waals surface area contributed by atoms with Crippen molar-refractivity contribution < 1.29 is 5.11 Å². The van der Waals surface area contributed by atoms with Crippen molar-refractivity contribution in [2.75, 3.05) is 6.61 Å². The number of benzene rings is 1. The summed E-state index contributed by atoms with van der Waals surface area (Å²) in [5.41, 5.74) is 2.99. The molecule has 0 aliphatic carbocycles. The van der Waals surface area contributed by atoms with Crippen LogP contribution < -0.4 is 0 Å². The van der Waals surface area contributed by atoms with Crippen molar-refractivity contribution in [1.82, 2.24) is 15.0 Å². The fraction of sp³-hybridized carbons (Fsp3) is 0.429. The minimum absolute atomic E-state index is 0.256. The van der Waals surface area contributed by atoms with Gasteiger partial charge in [-0.15, -0.1) is 5.10 Å². The molecule has 0 amide bonds. The molecule has 0 radical (unpaired) electrons. The van der Waals surface area contributed by atoms with Crippen molar-refractivity contribution in [3.8, 4) is 11.3 Å². The number of aryl methyl sites for hydroxylation is 1. The maximum Gasteiger partial charge on any atom is 0.115 e. The Balaban J connectivity index is 2.07. The van der Waals surface area contributed by atoms with Gasteiger partial charge in [-0.2, -0.15) is 0 Å². The quantitative estimate of drug-likeness (QED) is 0.827. The highest BCUT2D eigenvalue weighted by Gasteiger charge is 2.10. The molecule has 0 atom stereocenters. The van der Waals surface area contributed by atoms with Gasteiger partial charge >= 0.3 is 0 Å². The van der Waals surface area contributed by atoms with Gasteiger partial charge in [-0.1, -0.05) is 28.9 Å². The first kappa shape index (κ1) is 14.0. The number of hydrogen-bond acceptors (Lipinski definition) is 3. The van der Waals surface area contributed by atoms with Gasteiger partial charge in [-0.25, -0.2) is 4.68 Å². The number of nitrogens with zero attached hydrogens (tertiary/aromatic N) is 3. The van der Waals surface area contributed by atoms with Gasteiger partial charge in [0.05, 0.1) is 5.69 Å². The average Bonchev–Trinajstić information content (AvgIpc) is 2.77. The molecule has 1 aromatic carbocycles. The number of aromatic nitrogens is 3. The Kier molecular flexibility index (Phi) is 4.93.